The summed E-state index contributed by atoms with van der Waals surface area (Å²) in [6.45, 7) is 7.28. The lowest BCUT2D eigenvalue weighted by atomic mass is 9.96. The van der Waals surface area contributed by atoms with E-state index in [1.165, 1.54) is 0 Å². The summed E-state index contributed by atoms with van der Waals surface area (Å²) in [5, 5.41) is 14.6. The second kappa shape index (κ2) is 5.46. The van der Waals surface area contributed by atoms with Gasteiger partial charge in [-0.3, -0.25) is 4.68 Å². The van der Waals surface area contributed by atoms with E-state index in [-0.39, 0.29) is 0 Å². The van der Waals surface area contributed by atoms with Gasteiger partial charge in [0.25, 0.3) is 0 Å². The molecule has 16 heavy (non-hydrogen) atoms. The molecule has 1 unspecified atom stereocenters. The first-order valence-corrected chi connectivity index (χ1v) is 5.73. The van der Waals surface area contributed by atoms with Gasteiger partial charge in [0.15, 0.2) is 0 Å². The monoisotopic (exact) mass is 226 g/mol. The van der Waals surface area contributed by atoms with Crippen molar-refractivity contribution in [2.45, 2.75) is 45.8 Å². The molecule has 0 fully saturated rings. The smallest absolute Gasteiger partial charge is 0.0696 e. The van der Waals surface area contributed by atoms with Crippen LogP contribution in [0, 0.1) is 6.92 Å². The average molecular weight is 226 g/mol. The highest BCUT2D eigenvalue weighted by Crippen LogP contribution is 2.17. The van der Waals surface area contributed by atoms with Gasteiger partial charge in [0.2, 0.25) is 0 Å². The zero-order valence-corrected chi connectivity index (χ0v) is 10.7. The third-order valence-corrected chi connectivity index (χ3v) is 2.69. The molecule has 4 nitrogen and oxygen atoms in total. The van der Waals surface area contributed by atoms with Crippen LogP contribution in [0.4, 0.5) is 0 Å². The molecular formula is C12H22N2O2. The van der Waals surface area contributed by atoms with Crippen LogP contribution >= 0.6 is 0 Å². The Kier molecular flexibility index (Phi) is 4.50. The van der Waals surface area contributed by atoms with E-state index in [2.05, 4.69) is 12.0 Å². The molecule has 0 bridgehead atoms. The van der Waals surface area contributed by atoms with Crippen molar-refractivity contribution >= 4 is 0 Å². The highest BCUT2D eigenvalue weighted by atomic mass is 16.5. The van der Waals surface area contributed by atoms with Crippen molar-refractivity contribution in [2.24, 2.45) is 0 Å². The number of hydrogen-bond donors (Lipinski definition) is 1. The fourth-order valence-corrected chi connectivity index (χ4v) is 1.82. The van der Waals surface area contributed by atoms with E-state index < -0.39 is 5.60 Å². The summed E-state index contributed by atoms with van der Waals surface area (Å²) in [5.74, 6) is 0. The summed E-state index contributed by atoms with van der Waals surface area (Å²) in [4.78, 5) is 0. The van der Waals surface area contributed by atoms with Gasteiger partial charge in [-0.05, 0) is 33.3 Å². The molecule has 1 rings (SSSR count). The lowest BCUT2D eigenvalue weighted by Gasteiger charge is -2.23. The average Bonchev–Trinajstić information content (AvgIpc) is 2.55. The maximum absolute atomic E-state index is 10.2. The van der Waals surface area contributed by atoms with Crippen LogP contribution in [-0.4, -0.2) is 34.2 Å². The minimum absolute atomic E-state index is 0.576. The normalized spacial score (nSPS) is 15.1. The maximum Gasteiger partial charge on any atom is 0.0696 e. The molecule has 1 N–H and O–H groups in total. The van der Waals surface area contributed by atoms with Gasteiger partial charge in [-0.2, -0.15) is 5.10 Å². The fourth-order valence-electron chi connectivity index (χ4n) is 1.82. The van der Waals surface area contributed by atoms with E-state index >= 15 is 0 Å². The van der Waals surface area contributed by atoms with Gasteiger partial charge >= 0.3 is 0 Å². The van der Waals surface area contributed by atoms with Crippen LogP contribution < -0.4 is 0 Å². The van der Waals surface area contributed by atoms with Crippen molar-refractivity contribution in [2.75, 3.05) is 13.7 Å². The molecule has 0 spiro atoms. The van der Waals surface area contributed by atoms with Gasteiger partial charge in [0, 0.05) is 32.4 Å². The quantitative estimate of drug-likeness (QED) is 0.800. The van der Waals surface area contributed by atoms with Crippen molar-refractivity contribution in [1.82, 2.24) is 9.78 Å². The summed E-state index contributed by atoms with van der Waals surface area (Å²) in [7, 11) is 1.65. The minimum atomic E-state index is -0.727. The van der Waals surface area contributed by atoms with Crippen LogP contribution in [0.5, 0.6) is 0 Å². The van der Waals surface area contributed by atoms with Crippen LogP contribution in [0.1, 0.15) is 31.7 Å². The van der Waals surface area contributed by atoms with E-state index in [9.17, 15) is 5.11 Å². The second-order valence-electron chi connectivity index (χ2n) is 4.51. The number of nitrogens with zero attached hydrogens (tertiary/aromatic N) is 2. The SMILES string of the molecule is CCn1nc(C)cc1CC(C)(O)CCOC. The molecule has 0 aliphatic rings. The first kappa shape index (κ1) is 13.2. The Morgan fingerprint density at radius 3 is 2.81 bits per heavy atom. The number of aliphatic hydroxyl groups is 1. The van der Waals surface area contributed by atoms with Crippen molar-refractivity contribution in [3.8, 4) is 0 Å². The second-order valence-corrected chi connectivity index (χ2v) is 4.51. The van der Waals surface area contributed by atoms with Gasteiger partial charge in [0.1, 0.15) is 0 Å². The molecule has 0 saturated heterocycles. The molecule has 4 heteroatoms. The van der Waals surface area contributed by atoms with E-state index in [4.69, 9.17) is 4.74 Å². The fraction of sp³-hybridized carbons (Fsp3) is 0.750. The number of rotatable bonds is 6. The third-order valence-electron chi connectivity index (χ3n) is 2.69. The summed E-state index contributed by atoms with van der Waals surface area (Å²) in [6, 6.07) is 2.03. The van der Waals surface area contributed by atoms with Crippen LogP contribution in [0.25, 0.3) is 0 Å². The highest BCUT2D eigenvalue weighted by molar-refractivity contribution is 5.11. The van der Waals surface area contributed by atoms with Crippen LogP contribution in [0.3, 0.4) is 0 Å². The lowest BCUT2D eigenvalue weighted by Crippen LogP contribution is -2.30. The Hall–Kier alpha value is -0.870. The van der Waals surface area contributed by atoms with E-state index in [0.717, 1.165) is 17.9 Å². The molecule has 0 aromatic carbocycles. The predicted molar refractivity (Wildman–Crippen MR) is 63.5 cm³/mol. The molecule has 1 aromatic rings. The Morgan fingerprint density at radius 2 is 2.25 bits per heavy atom. The first-order chi connectivity index (χ1) is 7.48. The van der Waals surface area contributed by atoms with Crippen LogP contribution in [0.2, 0.25) is 0 Å². The summed E-state index contributed by atoms with van der Waals surface area (Å²) in [5.41, 5.74) is 1.36. The summed E-state index contributed by atoms with van der Waals surface area (Å²) >= 11 is 0. The largest absolute Gasteiger partial charge is 0.390 e. The van der Waals surface area contributed by atoms with Crippen LogP contribution in [0.15, 0.2) is 6.07 Å². The van der Waals surface area contributed by atoms with Crippen molar-refractivity contribution in [3.63, 3.8) is 0 Å². The molecule has 1 aromatic heterocycles. The number of methoxy groups -OCH3 is 1. The Bertz CT molecular complexity index is 332. The minimum Gasteiger partial charge on any atom is -0.390 e. The van der Waals surface area contributed by atoms with Gasteiger partial charge in [-0.15, -0.1) is 0 Å². The molecule has 1 heterocycles. The third kappa shape index (κ3) is 3.61. The van der Waals surface area contributed by atoms with Crippen LogP contribution in [-0.2, 0) is 17.7 Å². The Balaban J connectivity index is 2.70. The van der Waals surface area contributed by atoms with Gasteiger partial charge in [-0.25, -0.2) is 0 Å². The van der Waals surface area contributed by atoms with Gasteiger partial charge in [-0.1, -0.05) is 0 Å². The lowest BCUT2D eigenvalue weighted by molar-refractivity contribution is 0.0233. The molecule has 0 amide bonds. The zero-order valence-electron chi connectivity index (χ0n) is 10.7. The zero-order chi connectivity index (χ0) is 12.2. The summed E-state index contributed by atoms with van der Waals surface area (Å²) in [6.07, 6.45) is 1.25. The number of ether oxygens (including phenoxy) is 1. The topological polar surface area (TPSA) is 47.3 Å². The van der Waals surface area contributed by atoms with E-state index in [0.29, 0.717) is 19.4 Å². The molecule has 0 aliphatic carbocycles. The first-order valence-electron chi connectivity index (χ1n) is 5.73. The number of hydrogen-bond acceptors (Lipinski definition) is 3. The number of aryl methyl sites for hydroxylation is 2. The van der Waals surface area contributed by atoms with Crippen molar-refractivity contribution in [1.29, 1.82) is 0 Å². The molecule has 0 aliphatic heterocycles. The number of aromatic nitrogens is 2. The van der Waals surface area contributed by atoms with Gasteiger partial charge in [0.05, 0.1) is 11.3 Å². The standard InChI is InChI=1S/C12H22N2O2/c1-5-14-11(8-10(2)13-14)9-12(3,15)6-7-16-4/h8,15H,5-7,9H2,1-4H3. The molecule has 92 valence electrons. The molecule has 1 atom stereocenters. The highest BCUT2D eigenvalue weighted by Gasteiger charge is 2.22. The van der Waals surface area contributed by atoms with Gasteiger partial charge < -0.3 is 9.84 Å². The van der Waals surface area contributed by atoms with E-state index in [1.807, 2.05) is 24.6 Å². The van der Waals surface area contributed by atoms with Crippen molar-refractivity contribution < 1.29 is 9.84 Å². The Labute approximate surface area is 97.2 Å². The maximum atomic E-state index is 10.2. The molecular weight excluding hydrogens is 204 g/mol. The van der Waals surface area contributed by atoms with Crippen molar-refractivity contribution in [3.05, 3.63) is 17.5 Å². The molecule has 0 saturated carbocycles. The van der Waals surface area contributed by atoms with E-state index in [1.54, 1.807) is 7.11 Å². The summed E-state index contributed by atoms with van der Waals surface area (Å²) < 4.78 is 6.94. The Morgan fingerprint density at radius 1 is 1.56 bits per heavy atom. The predicted octanol–water partition coefficient (Wildman–Crippen LogP) is 1.54. The molecule has 0 radical (unpaired) electrons.